The van der Waals surface area contributed by atoms with Crippen LogP contribution in [-0.2, 0) is 5.41 Å². The van der Waals surface area contributed by atoms with Crippen LogP contribution in [0.25, 0.3) is 55.3 Å². The summed E-state index contributed by atoms with van der Waals surface area (Å²) >= 11 is 0. The Bertz CT molecular complexity index is 2730. The highest BCUT2D eigenvalue weighted by molar-refractivity contribution is 6.10. The van der Waals surface area contributed by atoms with Crippen molar-refractivity contribution in [3.8, 4) is 27.9 Å². The first kappa shape index (κ1) is 33.2. The van der Waals surface area contributed by atoms with Gasteiger partial charge in [0.2, 0.25) is 0 Å². The summed E-state index contributed by atoms with van der Waals surface area (Å²) in [5.74, 6) is 0. The molecule has 0 aliphatic heterocycles. The summed E-state index contributed by atoms with van der Waals surface area (Å²) in [6, 6.07) is 61.7. The summed E-state index contributed by atoms with van der Waals surface area (Å²) in [4.78, 5) is 2.38. The lowest BCUT2D eigenvalue weighted by Crippen LogP contribution is -2.17. The van der Waals surface area contributed by atoms with E-state index in [1.165, 1.54) is 72.0 Å². The van der Waals surface area contributed by atoms with Crippen LogP contribution in [0, 0.1) is 0 Å². The normalized spacial score (nSPS) is 13.5. The molecular formula is C52H42N2. The quantitative estimate of drug-likeness (QED) is 0.154. The van der Waals surface area contributed by atoms with Crippen LogP contribution in [0.15, 0.2) is 200 Å². The molecule has 0 amide bonds. The fourth-order valence-electron chi connectivity index (χ4n) is 8.43. The van der Waals surface area contributed by atoms with Gasteiger partial charge in [-0.05, 0) is 118 Å². The number of nitrogens with zero attached hydrogens (tertiary/aromatic N) is 2. The number of aromatic nitrogens is 1. The summed E-state index contributed by atoms with van der Waals surface area (Å²) in [5.41, 5.74) is 16.7. The Hall–Kier alpha value is -6.64. The lowest BCUT2D eigenvalue weighted by atomic mass is 9.80. The van der Waals surface area contributed by atoms with Gasteiger partial charge in [0.25, 0.3) is 0 Å². The van der Waals surface area contributed by atoms with Crippen molar-refractivity contribution in [2.24, 2.45) is 0 Å². The molecule has 0 saturated heterocycles. The molecule has 9 rings (SSSR count). The van der Waals surface area contributed by atoms with Crippen LogP contribution in [0.4, 0.5) is 17.1 Å². The lowest BCUT2D eigenvalue weighted by Gasteiger charge is -2.29. The third-order valence-electron chi connectivity index (χ3n) is 11.1. The average Bonchev–Trinajstić information content (AvgIpc) is 3.66. The van der Waals surface area contributed by atoms with E-state index >= 15 is 0 Å². The zero-order chi connectivity index (χ0) is 36.8. The van der Waals surface area contributed by atoms with Crippen LogP contribution < -0.4 is 4.90 Å². The number of rotatable bonds is 8. The molecule has 8 aromatic rings. The SMILES string of the molecule is C=CC1=C(/C=C\C)C(C)(C)c2cc(N(c3ccc(-c4ccccc4)cc3)c3ccc(-c4ccc5c(c4)c4ccccc4n5-c4ccccc4)cc3)ccc21. The van der Waals surface area contributed by atoms with Crippen LogP contribution in [0.3, 0.4) is 0 Å². The number of anilines is 3. The Balaban J connectivity index is 1.14. The summed E-state index contributed by atoms with van der Waals surface area (Å²) in [6.45, 7) is 10.9. The molecule has 0 fully saturated rings. The van der Waals surface area contributed by atoms with Crippen LogP contribution in [0.1, 0.15) is 31.9 Å². The topological polar surface area (TPSA) is 8.17 Å². The summed E-state index contributed by atoms with van der Waals surface area (Å²) in [7, 11) is 0. The van der Waals surface area contributed by atoms with Crippen LogP contribution in [0.5, 0.6) is 0 Å². The molecule has 0 spiro atoms. The fraction of sp³-hybridized carbons (Fsp3) is 0.0769. The predicted octanol–water partition coefficient (Wildman–Crippen LogP) is 14.4. The van der Waals surface area contributed by atoms with E-state index in [9.17, 15) is 0 Å². The molecule has 1 aromatic heterocycles. The van der Waals surface area contributed by atoms with Crippen molar-refractivity contribution in [2.75, 3.05) is 4.90 Å². The van der Waals surface area contributed by atoms with Gasteiger partial charge in [-0.3, -0.25) is 0 Å². The van der Waals surface area contributed by atoms with Crippen LogP contribution >= 0.6 is 0 Å². The minimum atomic E-state index is -0.156. The van der Waals surface area contributed by atoms with Crippen molar-refractivity contribution in [3.05, 3.63) is 211 Å². The summed E-state index contributed by atoms with van der Waals surface area (Å²) < 4.78 is 2.37. The number of benzene rings is 7. The average molecular weight is 695 g/mol. The number of para-hydroxylation sites is 2. The molecule has 1 aliphatic carbocycles. The van der Waals surface area contributed by atoms with E-state index in [1.54, 1.807) is 0 Å². The first-order chi connectivity index (χ1) is 26.5. The van der Waals surface area contributed by atoms with E-state index in [0.29, 0.717) is 0 Å². The van der Waals surface area contributed by atoms with Crippen molar-refractivity contribution in [1.82, 2.24) is 4.57 Å². The van der Waals surface area contributed by atoms with E-state index < -0.39 is 0 Å². The standard InChI is InChI=1S/C52H42N2/c1-5-15-48-44(6-2)45-32-31-43(35-49(45)52(48,3)4)53(41-27-22-37(23-28-41)36-16-9-7-10-17-36)42-29-24-38(25-30-42)39-26-33-51-47(34-39)46-20-13-14-21-50(46)54(51)40-18-11-8-12-19-40/h5-35H,2H2,1,3-4H3/b15-5-. The van der Waals surface area contributed by atoms with E-state index in [1.807, 2.05) is 6.08 Å². The van der Waals surface area contributed by atoms with Gasteiger partial charge in [0.15, 0.2) is 0 Å². The van der Waals surface area contributed by atoms with Gasteiger partial charge in [-0.25, -0.2) is 0 Å². The molecular weight excluding hydrogens is 653 g/mol. The van der Waals surface area contributed by atoms with Crippen molar-refractivity contribution in [3.63, 3.8) is 0 Å². The van der Waals surface area contributed by atoms with Crippen molar-refractivity contribution >= 4 is 44.4 Å². The Morgan fingerprint density at radius 1 is 0.537 bits per heavy atom. The minimum Gasteiger partial charge on any atom is -0.310 e. The number of fused-ring (bicyclic) bond motifs is 4. The minimum absolute atomic E-state index is 0.156. The second-order valence-electron chi connectivity index (χ2n) is 14.6. The molecule has 1 heterocycles. The van der Waals surface area contributed by atoms with Crippen molar-refractivity contribution in [2.45, 2.75) is 26.2 Å². The Kier molecular flexibility index (Phi) is 8.24. The monoisotopic (exact) mass is 694 g/mol. The molecule has 2 heteroatoms. The van der Waals surface area contributed by atoms with Crippen LogP contribution in [-0.4, -0.2) is 4.57 Å². The van der Waals surface area contributed by atoms with Crippen molar-refractivity contribution < 1.29 is 0 Å². The van der Waals surface area contributed by atoms with Crippen molar-refractivity contribution in [1.29, 1.82) is 0 Å². The largest absolute Gasteiger partial charge is 0.310 e. The second kappa shape index (κ2) is 13.4. The highest BCUT2D eigenvalue weighted by atomic mass is 15.1. The Morgan fingerprint density at radius 3 is 1.76 bits per heavy atom. The molecule has 0 atom stereocenters. The van der Waals surface area contributed by atoms with E-state index in [2.05, 4.69) is 219 Å². The van der Waals surface area contributed by atoms with Gasteiger partial charge in [0.05, 0.1) is 11.0 Å². The molecule has 260 valence electrons. The molecule has 0 radical (unpaired) electrons. The zero-order valence-corrected chi connectivity index (χ0v) is 31.0. The van der Waals surface area contributed by atoms with Gasteiger partial charge >= 0.3 is 0 Å². The lowest BCUT2D eigenvalue weighted by molar-refractivity contribution is 0.654. The van der Waals surface area contributed by atoms with Gasteiger partial charge < -0.3 is 9.47 Å². The second-order valence-corrected chi connectivity index (χ2v) is 14.6. The number of hydrogen-bond acceptors (Lipinski definition) is 1. The third kappa shape index (κ3) is 5.50. The van der Waals surface area contributed by atoms with Gasteiger partial charge in [-0.2, -0.15) is 0 Å². The number of hydrogen-bond donors (Lipinski definition) is 0. The fourth-order valence-corrected chi connectivity index (χ4v) is 8.43. The zero-order valence-electron chi connectivity index (χ0n) is 31.0. The summed E-state index contributed by atoms with van der Waals surface area (Å²) in [6.07, 6.45) is 6.39. The first-order valence-electron chi connectivity index (χ1n) is 18.8. The molecule has 2 nitrogen and oxygen atoms in total. The Labute approximate surface area is 318 Å². The highest BCUT2D eigenvalue weighted by Gasteiger charge is 2.36. The maximum Gasteiger partial charge on any atom is 0.0541 e. The first-order valence-corrected chi connectivity index (χ1v) is 18.8. The van der Waals surface area contributed by atoms with Gasteiger partial charge in [0.1, 0.15) is 0 Å². The van der Waals surface area contributed by atoms with Gasteiger partial charge in [-0.1, -0.05) is 142 Å². The number of allylic oxidation sites excluding steroid dienone is 5. The maximum atomic E-state index is 4.20. The molecule has 0 N–H and O–H groups in total. The third-order valence-corrected chi connectivity index (χ3v) is 11.1. The van der Waals surface area contributed by atoms with E-state index in [-0.39, 0.29) is 5.41 Å². The molecule has 0 bridgehead atoms. The van der Waals surface area contributed by atoms with E-state index in [0.717, 1.165) is 17.1 Å². The smallest absolute Gasteiger partial charge is 0.0541 e. The van der Waals surface area contributed by atoms with Gasteiger partial charge in [-0.15, -0.1) is 0 Å². The molecule has 0 saturated carbocycles. The van der Waals surface area contributed by atoms with Gasteiger partial charge in [0, 0.05) is 38.9 Å². The predicted molar refractivity (Wildman–Crippen MR) is 231 cm³/mol. The molecule has 7 aromatic carbocycles. The summed E-state index contributed by atoms with van der Waals surface area (Å²) in [5, 5.41) is 2.51. The molecule has 1 aliphatic rings. The Morgan fingerprint density at radius 2 is 1.09 bits per heavy atom. The van der Waals surface area contributed by atoms with Crippen LogP contribution in [0.2, 0.25) is 0 Å². The maximum absolute atomic E-state index is 4.20. The highest BCUT2D eigenvalue weighted by Crippen LogP contribution is 2.49. The molecule has 54 heavy (non-hydrogen) atoms. The van der Waals surface area contributed by atoms with E-state index in [4.69, 9.17) is 0 Å². The molecule has 0 unspecified atom stereocenters.